The van der Waals surface area contributed by atoms with Crippen molar-refractivity contribution in [2.75, 3.05) is 0 Å². The first-order valence-corrected chi connectivity index (χ1v) is 3.68. The highest BCUT2D eigenvalue weighted by molar-refractivity contribution is 7.03. The minimum absolute atomic E-state index is 0.407. The molecule has 0 saturated carbocycles. The molecule has 1 aromatic rings. The molecule has 0 aromatic carbocycles. The van der Waals surface area contributed by atoms with Crippen molar-refractivity contribution in [3.63, 3.8) is 0 Å². The van der Waals surface area contributed by atoms with Gasteiger partial charge in [-0.2, -0.15) is 9.98 Å². The molecule has 2 rings (SSSR count). The minimum Gasteiger partial charge on any atom is -0.244 e. The van der Waals surface area contributed by atoms with E-state index < -0.39 is 6.03 Å². The summed E-state index contributed by atoms with van der Waals surface area (Å²) >= 11 is 1.46. The van der Waals surface area contributed by atoms with Crippen LogP contribution in [0.1, 0.15) is 0 Å². The molecule has 0 atom stereocenters. The van der Waals surface area contributed by atoms with Crippen molar-refractivity contribution in [3.8, 4) is 0 Å². The number of hydrogen-bond acceptors (Lipinski definition) is 3. The van der Waals surface area contributed by atoms with E-state index in [2.05, 4.69) is 14.4 Å². The standard InChI is InChI=1S/C3H2N2O.C3H3NS/c6-3-4-1-2-5-3;1-2-4-5-3-1/h1-2H;1-3H. The van der Waals surface area contributed by atoms with Gasteiger partial charge in [0.15, 0.2) is 0 Å². The zero-order chi connectivity index (χ0) is 7.94. The number of aromatic nitrogens is 1. The fourth-order valence-corrected chi connectivity index (χ4v) is 0.755. The molecular weight excluding hydrogens is 162 g/mol. The predicted molar refractivity (Wildman–Crippen MR) is 44.5 cm³/mol. The Morgan fingerprint density at radius 3 is 2.18 bits per heavy atom. The lowest BCUT2D eigenvalue weighted by Gasteiger charge is -1.62. The molecule has 0 bridgehead atoms. The van der Waals surface area contributed by atoms with Gasteiger partial charge in [-0.1, -0.05) is 0 Å². The highest BCUT2D eigenvalue weighted by Crippen LogP contribution is 1.84. The van der Waals surface area contributed by atoms with E-state index in [1.165, 1.54) is 24.0 Å². The Labute approximate surface area is 67.5 Å². The Hall–Kier alpha value is -1.36. The second-order valence-corrected chi connectivity index (χ2v) is 2.22. The molecule has 0 N–H and O–H groups in total. The Morgan fingerprint density at radius 1 is 1.27 bits per heavy atom. The first kappa shape index (κ1) is 7.74. The van der Waals surface area contributed by atoms with E-state index in [4.69, 9.17) is 0 Å². The molecule has 0 aliphatic carbocycles. The van der Waals surface area contributed by atoms with Crippen molar-refractivity contribution >= 4 is 30.0 Å². The molecule has 11 heavy (non-hydrogen) atoms. The van der Waals surface area contributed by atoms with Crippen LogP contribution < -0.4 is 0 Å². The quantitative estimate of drug-likeness (QED) is 0.586. The molecule has 0 radical (unpaired) electrons. The summed E-state index contributed by atoms with van der Waals surface area (Å²) in [7, 11) is 0. The summed E-state index contributed by atoms with van der Waals surface area (Å²) in [5.41, 5.74) is 0. The van der Waals surface area contributed by atoms with Crippen molar-refractivity contribution in [3.05, 3.63) is 17.6 Å². The monoisotopic (exact) mass is 167 g/mol. The van der Waals surface area contributed by atoms with Gasteiger partial charge in [-0.15, -0.1) is 0 Å². The molecule has 0 spiro atoms. The van der Waals surface area contributed by atoms with Crippen LogP contribution in [0.3, 0.4) is 0 Å². The zero-order valence-electron chi connectivity index (χ0n) is 5.54. The van der Waals surface area contributed by atoms with Crippen LogP contribution in [0.25, 0.3) is 0 Å². The maximum atomic E-state index is 9.85. The third kappa shape index (κ3) is 3.36. The van der Waals surface area contributed by atoms with Crippen molar-refractivity contribution in [1.82, 2.24) is 4.37 Å². The molecule has 5 heteroatoms. The van der Waals surface area contributed by atoms with Crippen LogP contribution >= 0.6 is 11.5 Å². The van der Waals surface area contributed by atoms with Gasteiger partial charge >= 0.3 is 6.03 Å². The Balaban J connectivity index is 0.000000112. The second-order valence-electron chi connectivity index (χ2n) is 1.53. The van der Waals surface area contributed by atoms with Crippen molar-refractivity contribution in [2.45, 2.75) is 0 Å². The van der Waals surface area contributed by atoms with Crippen molar-refractivity contribution < 1.29 is 4.79 Å². The second kappa shape index (κ2) is 4.45. The third-order valence-corrected chi connectivity index (χ3v) is 1.31. The van der Waals surface area contributed by atoms with Gasteiger partial charge in [0.1, 0.15) is 0 Å². The first-order valence-electron chi connectivity index (χ1n) is 2.84. The minimum atomic E-state index is -0.407. The predicted octanol–water partition coefficient (Wildman–Crippen LogP) is 1.40. The molecule has 1 aromatic heterocycles. The number of urea groups is 1. The maximum absolute atomic E-state index is 9.85. The van der Waals surface area contributed by atoms with Crippen LogP contribution in [0.15, 0.2) is 27.6 Å². The molecule has 0 unspecified atom stereocenters. The lowest BCUT2D eigenvalue weighted by atomic mass is 10.8. The van der Waals surface area contributed by atoms with E-state index >= 15 is 0 Å². The van der Waals surface area contributed by atoms with Crippen molar-refractivity contribution in [1.29, 1.82) is 0 Å². The SMILES string of the molecule is O=C1N=CC=N1.c1cnsc1. The van der Waals surface area contributed by atoms with E-state index in [0.717, 1.165) is 0 Å². The number of carbonyl (C=O) groups excluding carboxylic acids is 1. The Bertz CT molecular complexity index is 234. The Kier molecular flexibility index (Phi) is 3.14. The van der Waals surface area contributed by atoms with Crippen molar-refractivity contribution in [2.24, 2.45) is 9.98 Å². The lowest BCUT2D eigenvalue weighted by molar-refractivity contribution is 0.257. The summed E-state index contributed by atoms with van der Waals surface area (Å²) in [6.07, 6.45) is 4.50. The number of nitrogens with zero attached hydrogens (tertiary/aromatic N) is 3. The number of rotatable bonds is 0. The molecule has 1 aliphatic rings. The van der Waals surface area contributed by atoms with Gasteiger partial charge in [-0.25, -0.2) is 9.17 Å². The zero-order valence-corrected chi connectivity index (χ0v) is 6.36. The van der Waals surface area contributed by atoms with Gasteiger partial charge in [-0.3, -0.25) is 0 Å². The van der Waals surface area contributed by atoms with Crippen LogP contribution in [-0.4, -0.2) is 22.8 Å². The van der Waals surface area contributed by atoms with E-state index in [1.807, 2.05) is 11.4 Å². The van der Waals surface area contributed by atoms with Gasteiger partial charge in [-0.05, 0) is 17.6 Å². The van der Waals surface area contributed by atoms with Crippen LogP contribution in [0.4, 0.5) is 4.79 Å². The molecule has 0 fully saturated rings. The highest BCUT2D eigenvalue weighted by atomic mass is 32.1. The largest absolute Gasteiger partial charge is 0.367 e. The van der Waals surface area contributed by atoms with Crippen LogP contribution in [-0.2, 0) is 0 Å². The van der Waals surface area contributed by atoms with E-state index in [0.29, 0.717) is 0 Å². The molecule has 0 saturated heterocycles. The smallest absolute Gasteiger partial charge is 0.244 e. The number of hydrogen-bond donors (Lipinski definition) is 0. The highest BCUT2D eigenvalue weighted by Gasteiger charge is 1.91. The van der Waals surface area contributed by atoms with Crippen LogP contribution in [0.2, 0.25) is 0 Å². The topological polar surface area (TPSA) is 54.7 Å². The van der Waals surface area contributed by atoms with Gasteiger partial charge in [0.05, 0.1) is 12.4 Å². The summed E-state index contributed by atoms with van der Waals surface area (Å²) in [5.74, 6) is 0. The Morgan fingerprint density at radius 2 is 2.00 bits per heavy atom. The molecule has 2 heterocycles. The molecule has 1 aliphatic heterocycles. The van der Waals surface area contributed by atoms with Gasteiger partial charge in [0.2, 0.25) is 0 Å². The van der Waals surface area contributed by atoms with E-state index in [9.17, 15) is 4.79 Å². The normalized spacial score (nSPS) is 12.9. The first-order chi connectivity index (χ1) is 5.39. The van der Waals surface area contributed by atoms with E-state index in [-0.39, 0.29) is 0 Å². The van der Waals surface area contributed by atoms with Gasteiger partial charge in [0, 0.05) is 11.6 Å². The van der Waals surface area contributed by atoms with Crippen LogP contribution in [0.5, 0.6) is 0 Å². The summed E-state index contributed by atoms with van der Waals surface area (Å²) in [5, 5.41) is 1.93. The average molecular weight is 167 g/mol. The number of amides is 2. The number of aliphatic imine (C=N–C) groups is 2. The molecule has 56 valence electrons. The van der Waals surface area contributed by atoms with Gasteiger partial charge < -0.3 is 0 Å². The van der Waals surface area contributed by atoms with E-state index in [1.54, 1.807) is 6.20 Å². The summed E-state index contributed by atoms with van der Waals surface area (Å²) in [6, 6.07) is 1.50. The van der Waals surface area contributed by atoms with Gasteiger partial charge in [0.25, 0.3) is 0 Å². The fraction of sp³-hybridized carbons (Fsp3) is 0. The molecule has 2 amide bonds. The fourth-order valence-electron chi connectivity index (χ4n) is 0.403. The van der Waals surface area contributed by atoms with Crippen LogP contribution in [0, 0.1) is 0 Å². The lowest BCUT2D eigenvalue weighted by Crippen LogP contribution is -1.70. The molecular formula is C6H5N3OS. The summed E-state index contributed by atoms with van der Waals surface area (Å²) in [4.78, 5) is 16.3. The maximum Gasteiger partial charge on any atom is 0.367 e. The average Bonchev–Trinajstić information content (AvgIpc) is 2.57. The summed E-state index contributed by atoms with van der Waals surface area (Å²) < 4.78 is 3.76. The third-order valence-electron chi connectivity index (χ3n) is 0.784. The summed E-state index contributed by atoms with van der Waals surface area (Å²) in [6.45, 7) is 0. The molecule has 4 nitrogen and oxygen atoms in total. The number of carbonyl (C=O) groups is 1.